The average molecular weight is 391 g/mol. The second-order valence-corrected chi connectivity index (χ2v) is 7.79. The Morgan fingerprint density at radius 2 is 1.46 bits per heavy atom. The van der Waals surface area contributed by atoms with Gasteiger partial charge in [0.1, 0.15) is 13.2 Å². The zero-order chi connectivity index (χ0) is 19.4. The molecule has 6 heteroatoms. The fraction of sp³-hybridized carbons (Fsp3) is 0.0909. The summed E-state index contributed by atoms with van der Waals surface area (Å²) in [5, 5.41) is 0. The van der Waals surface area contributed by atoms with Crippen LogP contribution in [0, 0.1) is 11.8 Å². The number of ether oxygens (including phenoxy) is 2. The molecule has 4 rings (SSSR count). The molecule has 0 amide bonds. The van der Waals surface area contributed by atoms with E-state index in [4.69, 9.17) is 9.47 Å². The molecule has 1 heterocycles. The highest BCUT2D eigenvalue weighted by Gasteiger charge is 2.19. The van der Waals surface area contributed by atoms with Crippen LogP contribution in [0.2, 0.25) is 0 Å². The van der Waals surface area contributed by atoms with Crippen molar-refractivity contribution >= 4 is 15.7 Å². The molecule has 1 N–H and O–H groups in total. The van der Waals surface area contributed by atoms with Gasteiger partial charge in [0.2, 0.25) is 0 Å². The molecular weight excluding hydrogens is 374 g/mol. The third-order valence-corrected chi connectivity index (χ3v) is 5.44. The highest BCUT2D eigenvalue weighted by Crippen LogP contribution is 2.32. The van der Waals surface area contributed by atoms with Crippen LogP contribution in [-0.4, -0.2) is 21.6 Å². The zero-order valence-corrected chi connectivity index (χ0v) is 15.7. The lowest BCUT2D eigenvalue weighted by Gasteiger charge is -2.19. The summed E-state index contributed by atoms with van der Waals surface area (Å²) in [5.74, 6) is 7.08. The van der Waals surface area contributed by atoms with E-state index in [2.05, 4.69) is 16.6 Å². The maximum Gasteiger partial charge on any atom is 0.262 e. The van der Waals surface area contributed by atoms with E-state index < -0.39 is 10.0 Å². The van der Waals surface area contributed by atoms with Crippen LogP contribution in [0.5, 0.6) is 11.5 Å². The van der Waals surface area contributed by atoms with E-state index in [0.29, 0.717) is 36.0 Å². The third kappa shape index (κ3) is 4.11. The van der Waals surface area contributed by atoms with Gasteiger partial charge in [-0.25, -0.2) is 8.42 Å². The van der Waals surface area contributed by atoms with E-state index in [1.807, 2.05) is 36.4 Å². The molecule has 3 aromatic carbocycles. The van der Waals surface area contributed by atoms with E-state index in [1.54, 1.807) is 24.3 Å². The van der Waals surface area contributed by atoms with Crippen molar-refractivity contribution in [3.8, 4) is 23.3 Å². The van der Waals surface area contributed by atoms with E-state index in [0.717, 1.165) is 5.56 Å². The second-order valence-electron chi connectivity index (χ2n) is 6.11. The minimum absolute atomic E-state index is 0.109. The molecular formula is C22H17NO4S. The highest BCUT2D eigenvalue weighted by atomic mass is 32.2. The van der Waals surface area contributed by atoms with Gasteiger partial charge >= 0.3 is 0 Å². The van der Waals surface area contributed by atoms with Crippen molar-refractivity contribution in [1.82, 2.24) is 0 Å². The summed E-state index contributed by atoms with van der Waals surface area (Å²) in [6.07, 6.45) is 0. The molecule has 28 heavy (non-hydrogen) atoms. The summed E-state index contributed by atoms with van der Waals surface area (Å²) in [6.45, 7) is 0.847. The Hall–Kier alpha value is -3.43. The van der Waals surface area contributed by atoms with E-state index in [9.17, 15) is 8.42 Å². The fourth-order valence-electron chi connectivity index (χ4n) is 2.73. The van der Waals surface area contributed by atoms with Gasteiger partial charge in [-0.3, -0.25) is 4.72 Å². The van der Waals surface area contributed by atoms with Gasteiger partial charge in [-0.1, -0.05) is 36.1 Å². The van der Waals surface area contributed by atoms with Gasteiger partial charge in [-0.15, -0.1) is 0 Å². The summed E-state index contributed by atoms with van der Waals surface area (Å²) in [4.78, 5) is 0.109. The molecule has 0 fully saturated rings. The standard InChI is InChI=1S/C22H17NO4S/c24-28(25,20-11-12-21-22(16-20)27-14-13-26-21)23-19-8-4-7-18(15-19)10-9-17-5-2-1-3-6-17/h1-8,11-12,15-16,23H,13-14H2. The summed E-state index contributed by atoms with van der Waals surface area (Å²) >= 11 is 0. The van der Waals surface area contributed by atoms with Crippen LogP contribution < -0.4 is 14.2 Å². The number of sulfonamides is 1. The monoisotopic (exact) mass is 391 g/mol. The van der Waals surface area contributed by atoms with Crippen molar-refractivity contribution < 1.29 is 17.9 Å². The number of hydrogen-bond donors (Lipinski definition) is 1. The van der Waals surface area contributed by atoms with Crippen molar-refractivity contribution in [1.29, 1.82) is 0 Å². The second kappa shape index (κ2) is 7.67. The van der Waals surface area contributed by atoms with Gasteiger partial charge in [-0.05, 0) is 42.5 Å². The smallest absolute Gasteiger partial charge is 0.262 e. The molecule has 140 valence electrons. The Labute approximate surface area is 164 Å². The summed E-state index contributed by atoms with van der Waals surface area (Å²) < 4.78 is 39.0. The molecule has 0 radical (unpaired) electrons. The molecule has 1 aliphatic heterocycles. The minimum atomic E-state index is -3.76. The first kappa shape index (κ1) is 18.0. The van der Waals surface area contributed by atoms with Crippen molar-refractivity contribution in [3.63, 3.8) is 0 Å². The van der Waals surface area contributed by atoms with Gasteiger partial charge in [0.05, 0.1) is 10.6 Å². The zero-order valence-electron chi connectivity index (χ0n) is 14.9. The van der Waals surface area contributed by atoms with Gasteiger partial charge in [0.15, 0.2) is 11.5 Å². The Morgan fingerprint density at radius 3 is 2.29 bits per heavy atom. The first-order valence-electron chi connectivity index (χ1n) is 8.70. The maximum absolute atomic E-state index is 12.7. The SMILES string of the molecule is O=S(=O)(Nc1cccc(C#Cc2ccccc2)c1)c1ccc2c(c1)OCCO2. The molecule has 5 nitrogen and oxygen atoms in total. The van der Waals surface area contributed by atoms with Crippen LogP contribution in [-0.2, 0) is 10.0 Å². The molecule has 0 saturated carbocycles. The topological polar surface area (TPSA) is 64.6 Å². The highest BCUT2D eigenvalue weighted by molar-refractivity contribution is 7.92. The molecule has 0 bridgehead atoms. The number of anilines is 1. The normalized spacial score (nSPS) is 12.6. The summed E-state index contributed by atoms with van der Waals surface area (Å²) in [7, 11) is -3.76. The van der Waals surface area contributed by atoms with Crippen LogP contribution in [0.4, 0.5) is 5.69 Å². The largest absolute Gasteiger partial charge is 0.486 e. The lowest BCUT2D eigenvalue weighted by atomic mass is 10.2. The number of hydrogen-bond acceptors (Lipinski definition) is 4. The minimum Gasteiger partial charge on any atom is -0.486 e. The first-order chi connectivity index (χ1) is 13.6. The maximum atomic E-state index is 12.7. The molecule has 0 saturated heterocycles. The van der Waals surface area contributed by atoms with Crippen molar-refractivity contribution in [2.24, 2.45) is 0 Å². The summed E-state index contributed by atoms with van der Waals surface area (Å²) in [6, 6.07) is 21.1. The quantitative estimate of drug-likeness (QED) is 0.692. The number of rotatable bonds is 3. The van der Waals surface area contributed by atoms with Gasteiger partial charge < -0.3 is 9.47 Å². The Morgan fingerprint density at radius 1 is 0.750 bits per heavy atom. The molecule has 0 aromatic heterocycles. The van der Waals surface area contributed by atoms with Crippen LogP contribution in [0.15, 0.2) is 77.7 Å². The lowest BCUT2D eigenvalue weighted by Crippen LogP contribution is -2.17. The Bertz CT molecular complexity index is 1160. The summed E-state index contributed by atoms with van der Waals surface area (Å²) in [5.41, 5.74) is 2.05. The van der Waals surface area contributed by atoms with Crippen molar-refractivity contribution in [2.45, 2.75) is 4.90 Å². The molecule has 3 aromatic rings. The van der Waals surface area contributed by atoms with Crippen molar-refractivity contribution in [3.05, 3.63) is 83.9 Å². The number of nitrogens with one attached hydrogen (secondary N) is 1. The molecule has 0 aliphatic carbocycles. The van der Waals surface area contributed by atoms with Crippen molar-refractivity contribution in [2.75, 3.05) is 17.9 Å². The van der Waals surface area contributed by atoms with Gasteiger partial charge in [-0.2, -0.15) is 0 Å². The van der Waals surface area contributed by atoms with Gasteiger partial charge in [0.25, 0.3) is 10.0 Å². The Kier molecular flexibility index (Phi) is 4.92. The van der Waals surface area contributed by atoms with E-state index in [1.165, 1.54) is 12.1 Å². The van der Waals surface area contributed by atoms with Gasteiger partial charge in [0, 0.05) is 17.2 Å². The van der Waals surface area contributed by atoms with Crippen LogP contribution in [0.1, 0.15) is 11.1 Å². The average Bonchev–Trinajstić information content (AvgIpc) is 2.72. The molecule has 0 unspecified atom stereocenters. The lowest BCUT2D eigenvalue weighted by molar-refractivity contribution is 0.171. The number of fused-ring (bicyclic) bond motifs is 1. The Balaban J connectivity index is 1.56. The first-order valence-corrected chi connectivity index (χ1v) is 10.2. The fourth-order valence-corrected chi connectivity index (χ4v) is 3.80. The van der Waals surface area contributed by atoms with Crippen LogP contribution >= 0.6 is 0 Å². The third-order valence-electron chi connectivity index (χ3n) is 4.06. The molecule has 0 atom stereocenters. The number of benzene rings is 3. The predicted molar refractivity (Wildman–Crippen MR) is 107 cm³/mol. The predicted octanol–water partition coefficient (Wildman–Crippen LogP) is 3.66. The van der Waals surface area contributed by atoms with Crippen LogP contribution in [0.25, 0.3) is 0 Å². The molecule has 1 aliphatic rings. The molecule has 0 spiro atoms. The van der Waals surface area contributed by atoms with E-state index in [-0.39, 0.29) is 4.90 Å². The van der Waals surface area contributed by atoms with E-state index >= 15 is 0 Å². The van der Waals surface area contributed by atoms with Crippen LogP contribution in [0.3, 0.4) is 0 Å².